The van der Waals surface area contributed by atoms with Gasteiger partial charge in [-0.25, -0.2) is 0 Å². The Hall–Kier alpha value is -1.46. The SMILES string of the molecule is COc1cc(CNCCN2CCCC2)cc(OC)c1OC. The molecular formula is C16H26N2O3. The van der Waals surface area contributed by atoms with E-state index >= 15 is 0 Å². The molecule has 0 radical (unpaired) electrons. The van der Waals surface area contributed by atoms with E-state index in [1.807, 2.05) is 12.1 Å². The summed E-state index contributed by atoms with van der Waals surface area (Å²) >= 11 is 0. The van der Waals surface area contributed by atoms with Gasteiger partial charge in [0.05, 0.1) is 21.3 Å². The standard InChI is InChI=1S/C16H26N2O3/c1-19-14-10-13(11-15(20-2)16(14)21-3)12-17-6-9-18-7-4-5-8-18/h10-11,17H,4-9,12H2,1-3H3. The highest BCUT2D eigenvalue weighted by molar-refractivity contribution is 5.53. The number of nitrogens with one attached hydrogen (secondary N) is 1. The first-order valence-corrected chi connectivity index (χ1v) is 7.50. The van der Waals surface area contributed by atoms with Gasteiger partial charge in [-0.3, -0.25) is 0 Å². The fourth-order valence-electron chi connectivity index (χ4n) is 2.71. The minimum Gasteiger partial charge on any atom is -0.493 e. The molecule has 0 aromatic heterocycles. The average Bonchev–Trinajstić information content (AvgIpc) is 3.03. The molecule has 1 aliphatic heterocycles. The first-order valence-electron chi connectivity index (χ1n) is 7.50. The molecule has 1 aliphatic rings. The summed E-state index contributed by atoms with van der Waals surface area (Å²) < 4.78 is 16.1. The van der Waals surface area contributed by atoms with Crippen LogP contribution in [0.1, 0.15) is 18.4 Å². The van der Waals surface area contributed by atoms with Crippen molar-refractivity contribution in [2.24, 2.45) is 0 Å². The second kappa shape index (κ2) is 8.10. The summed E-state index contributed by atoms with van der Waals surface area (Å²) in [5, 5.41) is 3.48. The zero-order valence-corrected chi connectivity index (χ0v) is 13.3. The third kappa shape index (κ3) is 4.25. The van der Waals surface area contributed by atoms with Crippen molar-refractivity contribution in [3.05, 3.63) is 17.7 Å². The lowest BCUT2D eigenvalue weighted by Crippen LogP contribution is -2.29. The molecular weight excluding hydrogens is 268 g/mol. The van der Waals surface area contributed by atoms with Gasteiger partial charge in [-0.05, 0) is 43.6 Å². The van der Waals surface area contributed by atoms with Gasteiger partial charge in [-0.2, -0.15) is 0 Å². The molecule has 1 saturated heterocycles. The lowest BCUT2D eigenvalue weighted by atomic mass is 10.1. The first-order chi connectivity index (χ1) is 10.3. The Morgan fingerprint density at radius 1 is 1.00 bits per heavy atom. The fourth-order valence-corrected chi connectivity index (χ4v) is 2.71. The number of benzene rings is 1. The number of ether oxygens (including phenoxy) is 3. The predicted octanol–water partition coefficient (Wildman–Crippen LogP) is 1.90. The van der Waals surface area contributed by atoms with Gasteiger partial charge in [-0.1, -0.05) is 0 Å². The number of methoxy groups -OCH3 is 3. The summed E-state index contributed by atoms with van der Waals surface area (Å²) in [7, 11) is 4.90. The van der Waals surface area contributed by atoms with Crippen LogP contribution in [0.25, 0.3) is 0 Å². The van der Waals surface area contributed by atoms with Crippen LogP contribution >= 0.6 is 0 Å². The van der Waals surface area contributed by atoms with Crippen LogP contribution < -0.4 is 19.5 Å². The maximum Gasteiger partial charge on any atom is 0.203 e. The summed E-state index contributed by atoms with van der Waals surface area (Å²) in [6.45, 7) is 5.39. The highest BCUT2D eigenvalue weighted by Gasteiger charge is 2.13. The number of hydrogen-bond donors (Lipinski definition) is 1. The molecule has 1 aromatic carbocycles. The van der Waals surface area contributed by atoms with Crippen molar-refractivity contribution in [3.63, 3.8) is 0 Å². The second-order valence-electron chi connectivity index (χ2n) is 5.26. The molecule has 1 fully saturated rings. The van der Waals surface area contributed by atoms with E-state index in [2.05, 4.69) is 10.2 Å². The molecule has 5 heteroatoms. The molecule has 0 spiro atoms. The summed E-state index contributed by atoms with van der Waals surface area (Å²) in [4.78, 5) is 2.50. The molecule has 0 bridgehead atoms. The molecule has 0 unspecified atom stereocenters. The fraction of sp³-hybridized carbons (Fsp3) is 0.625. The van der Waals surface area contributed by atoms with E-state index in [9.17, 15) is 0 Å². The largest absolute Gasteiger partial charge is 0.493 e. The number of nitrogens with zero attached hydrogens (tertiary/aromatic N) is 1. The van der Waals surface area contributed by atoms with Crippen LogP contribution in [0.5, 0.6) is 17.2 Å². The highest BCUT2D eigenvalue weighted by atomic mass is 16.5. The lowest BCUT2D eigenvalue weighted by Gasteiger charge is -2.16. The van der Waals surface area contributed by atoms with E-state index in [4.69, 9.17) is 14.2 Å². The summed E-state index contributed by atoms with van der Waals surface area (Å²) in [5.74, 6) is 2.04. The summed E-state index contributed by atoms with van der Waals surface area (Å²) in [6.07, 6.45) is 2.68. The average molecular weight is 294 g/mol. The minimum atomic E-state index is 0.640. The van der Waals surface area contributed by atoms with Crippen LogP contribution in [0.3, 0.4) is 0 Å². The molecule has 2 rings (SSSR count). The predicted molar refractivity (Wildman–Crippen MR) is 83.5 cm³/mol. The summed E-state index contributed by atoms with van der Waals surface area (Å²) in [5.41, 5.74) is 1.13. The number of likely N-dealkylation sites (tertiary alicyclic amines) is 1. The molecule has 1 N–H and O–H groups in total. The quantitative estimate of drug-likeness (QED) is 0.742. The third-order valence-corrected chi connectivity index (χ3v) is 3.86. The van der Waals surface area contributed by atoms with Crippen molar-refractivity contribution in [3.8, 4) is 17.2 Å². The van der Waals surface area contributed by atoms with Crippen molar-refractivity contribution in [2.75, 3.05) is 47.5 Å². The molecule has 21 heavy (non-hydrogen) atoms. The second-order valence-corrected chi connectivity index (χ2v) is 5.26. The van der Waals surface area contributed by atoms with Crippen molar-refractivity contribution >= 4 is 0 Å². The van der Waals surface area contributed by atoms with Gasteiger partial charge < -0.3 is 24.4 Å². The number of hydrogen-bond acceptors (Lipinski definition) is 5. The molecule has 1 aromatic rings. The van der Waals surface area contributed by atoms with Gasteiger partial charge in [-0.15, -0.1) is 0 Å². The van der Waals surface area contributed by atoms with Gasteiger partial charge in [0.15, 0.2) is 11.5 Å². The van der Waals surface area contributed by atoms with Crippen LogP contribution in [-0.4, -0.2) is 52.4 Å². The van der Waals surface area contributed by atoms with E-state index < -0.39 is 0 Å². The van der Waals surface area contributed by atoms with E-state index in [0.717, 1.165) is 25.2 Å². The Morgan fingerprint density at radius 2 is 1.62 bits per heavy atom. The van der Waals surface area contributed by atoms with E-state index in [1.165, 1.54) is 25.9 Å². The van der Waals surface area contributed by atoms with Crippen molar-refractivity contribution in [1.29, 1.82) is 0 Å². The summed E-state index contributed by atoms with van der Waals surface area (Å²) in [6, 6.07) is 3.98. The van der Waals surface area contributed by atoms with Crippen LogP contribution in [-0.2, 0) is 6.54 Å². The zero-order valence-electron chi connectivity index (χ0n) is 13.3. The van der Waals surface area contributed by atoms with Crippen LogP contribution in [0.2, 0.25) is 0 Å². The highest BCUT2D eigenvalue weighted by Crippen LogP contribution is 2.38. The third-order valence-electron chi connectivity index (χ3n) is 3.86. The van der Waals surface area contributed by atoms with Gasteiger partial charge in [0.25, 0.3) is 0 Å². The Bertz CT molecular complexity index is 420. The van der Waals surface area contributed by atoms with E-state index in [0.29, 0.717) is 17.2 Å². The maximum absolute atomic E-state index is 5.37. The van der Waals surface area contributed by atoms with Crippen molar-refractivity contribution in [2.45, 2.75) is 19.4 Å². The van der Waals surface area contributed by atoms with Crippen LogP contribution in [0, 0.1) is 0 Å². The molecule has 0 amide bonds. The van der Waals surface area contributed by atoms with Gasteiger partial charge in [0.1, 0.15) is 0 Å². The normalized spacial score (nSPS) is 15.2. The first kappa shape index (κ1) is 15.9. The lowest BCUT2D eigenvalue weighted by molar-refractivity contribution is 0.323. The Morgan fingerprint density at radius 3 is 2.14 bits per heavy atom. The monoisotopic (exact) mass is 294 g/mol. The maximum atomic E-state index is 5.37. The van der Waals surface area contributed by atoms with E-state index in [-0.39, 0.29) is 0 Å². The van der Waals surface area contributed by atoms with Gasteiger partial charge in [0, 0.05) is 19.6 Å². The Kier molecular flexibility index (Phi) is 6.14. The van der Waals surface area contributed by atoms with Crippen molar-refractivity contribution in [1.82, 2.24) is 10.2 Å². The van der Waals surface area contributed by atoms with Gasteiger partial charge in [0.2, 0.25) is 5.75 Å². The van der Waals surface area contributed by atoms with Crippen LogP contribution in [0.15, 0.2) is 12.1 Å². The van der Waals surface area contributed by atoms with Crippen molar-refractivity contribution < 1.29 is 14.2 Å². The van der Waals surface area contributed by atoms with E-state index in [1.54, 1.807) is 21.3 Å². The Labute approximate surface area is 127 Å². The Balaban J connectivity index is 1.89. The smallest absolute Gasteiger partial charge is 0.203 e. The number of rotatable bonds is 8. The zero-order chi connectivity index (χ0) is 15.1. The molecule has 0 atom stereocenters. The molecule has 0 aliphatic carbocycles. The topological polar surface area (TPSA) is 43.0 Å². The molecule has 1 heterocycles. The molecule has 5 nitrogen and oxygen atoms in total. The minimum absolute atomic E-state index is 0.640. The molecule has 0 saturated carbocycles. The van der Waals surface area contributed by atoms with Crippen LogP contribution in [0.4, 0.5) is 0 Å². The molecule has 118 valence electrons. The van der Waals surface area contributed by atoms with Gasteiger partial charge >= 0.3 is 0 Å².